The molecule has 0 spiro atoms. The lowest BCUT2D eigenvalue weighted by atomic mass is 10.0. The number of nitrogens with zero attached hydrogens (tertiary/aromatic N) is 2. The van der Waals surface area contributed by atoms with Crippen molar-refractivity contribution in [2.45, 2.75) is 19.5 Å². The third-order valence-electron chi connectivity index (χ3n) is 3.41. The van der Waals surface area contributed by atoms with Gasteiger partial charge in [0, 0.05) is 29.9 Å². The highest BCUT2D eigenvalue weighted by molar-refractivity contribution is 5.53. The van der Waals surface area contributed by atoms with E-state index >= 15 is 0 Å². The Kier molecular flexibility index (Phi) is 4.70. The van der Waals surface area contributed by atoms with Crippen molar-refractivity contribution in [1.29, 1.82) is 0 Å². The minimum absolute atomic E-state index is 0.347. The Balaban J connectivity index is 2.45. The van der Waals surface area contributed by atoms with Crippen molar-refractivity contribution in [3.8, 4) is 17.2 Å². The first-order valence-electron chi connectivity index (χ1n) is 6.72. The van der Waals surface area contributed by atoms with Gasteiger partial charge in [0.1, 0.15) is 5.75 Å². The van der Waals surface area contributed by atoms with Gasteiger partial charge in [0.15, 0.2) is 11.5 Å². The molecule has 2 rings (SSSR count). The summed E-state index contributed by atoms with van der Waals surface area (Å²) in [5, 5.41) is 4.25. The minimum Gasteiger partial charge on any atom is -0.496 e. The number of hydrogen-bond acceptors (Lipinski definition) is 5. The SMILES string of the molecule is CCn1cc(C(N)c2cc(OC)c(OC)cc2OC)cn1. The molecule has 1 aromatic carbocycles. The maximum Gasteiger partial charge on any atom is 0.164 e. The standard InChI is InChI=1S/C15H21N3O3/c1-5-18-9-10(8-17-18)15(16)11-6-13(20-3)14(21-4)7-12(11)19-2/h6-9,15H,5,16H2,1-4H3. The molecule has 1 heterocycles. The molecule has 0 aliphatic rings. The maximum atomic E-state index is 6.35. The number of aryl methyl sites for hydroxylation is 1. The molecule has 0 amide bonds. The van der Waals surface area contributed by atoms with E-state index in [1.165, 1.54) is 0 Å². The van der Waals surface area contributed by atoms with Crippen LogP contribution >= 0.6 is 0 Å². The average Bonchev–Trinajstić information content (AvgIpc) is 3.01. The second-order valence-corrected chi connectivity index (χ2v) is 4.56. The first-order valence-corrected chi connectivity index (χ1v) is 6.72. The van der Waals surface area contributed by atoms with Crippen LogP contribution in [0.2, 0.25) is 0 Å². The molecule has 0 bridgehead atoms. The molecule has 2 N–H and O–H groups in total. The van der Waals surface area contributed by atoms with E-state index in [4.69, 9.17) is 19.9 Å². The second-order valence-electron chi connectivity index (χ2n) is 4.56. The molecule has 21 heavy (non-hydrogen) atoms. The van der Waals surface area contributed by atoms with Gasteiger partial charge in [0.2, 0.25) is 0 Å². The van der Waals surface area contributed by atoms with Crippen LogP contribution in [0.5, 0.6) is 17.2 Å². The van der Waals surface area contributed by atoms with Crippen LogP contribution in [0, 0.1) is 0 Å². The van der Waals surface area contributed by atoms with E-state index in [2.05, 4.69) is 5.10 Å². The highest BCUT2D eigenvalue weighted by atomic mass is 16.5. The largest absolute Gasteiger partial charge is 0.496 e. The van der Waals surface area contributed by atoms with Gasteiger partial charge in [-0.25, -0.2) is 0 Å². The minimum atomic E-state index is -0.347. The molecule has 6 nitrogen and oxygen atoms in total. The molecular weight excluding hydrogens is 270 g/mol. The molecule has 0 aliphatic carbocycles. The van der Waals surface area contributed by atoms with Crippen molar-refractivity contribution in [2.24, 2.45) is 5.73 Å². The highest BCUT2D eigenvalue weighted by Gasteiger charge is 2.19. The van der Waals surface area contributed by atoms with Crippen LogP contribution in [0.1, 0.15) is 24.1 Å². The van der Waals surface area contributed by atoms with Gasteiger partial charge in [-0.15, -0.1) is 0 Å². The van der Waals surface area contributed by atoms with E-state index in [1.807, 2.05) is 23.9 Å². The smallest absolute Gasteiger partial charge is 0.164 e. The Morgan fingerprint density at radius 3 is 2.24 bits per heavy atom. The van der Waals surface area contributed by atoms with Gasteiger partial charge in [-0.3, -0.25) is 4.68 Å². The predicted octanol–water partition coefficient (Wildman–Crippen LogP) is 1.98. The van der Waals surface area contributed by atoms with Crippen molar-refractivity contribution < 1.29 is 14.2 Å². The molecule has 1 unspecified atom stereocenters. The highest BCUT2D eigenvalue weighted by Crippen LogP contribution is 2.38. The third-order valence-corrected chi connectivity index (χ3v) is 3.41. The Labute approximate surface area is 124 Å². The molecule has 0 aliphatic heterocycles. The Hall–Kier alpha value is -2.21. The first kappa shape index (κ1) is 15.2. The van der Waals surface area contributed by atoms with Crippen LogP contribution in [0.4, 0.5) is 0 Å². The molecule has 1 atom stereocenters. The zero-order chi connectivity index (χ0) is 15.4. The zero-order valence-electron chi connectivity index (χ0n) is 12.8. The molecule has 0 saturated heterocycles. The summed E-state index contributed by atoms with van der Waals surface area (Å²) < 4.78 is 17.9. The molecule has 114 valence electrons. The quantitative estimate of drug-likeness (QED) is 0.881. The lowest BCUT2D eigenvalue weighted by Crippen LogP contribution is -2.13. The zero-order valence-corrected chi connectivity index (χ0v) is 12.8. The average molecular weight is 291 g/mol. The van der Waals surface area contributed by atoms with Crippen LogP contribution in [0.25, 0.3) is 0 Å². The predicted molar refractivity (Wildman–Crippen MR) is 80.0 cm³/mol. The number of ether oxygens (including phenoxy) is 3. The molecule has 1 aromatic heterocycles. The van der Waals surface area contributed by atoms with Crippen LogP contribution in [-0.2, 0) is 6.54 Å². The van der Waals surface area contributed by atoms with Crippen LogP contribution in [0.3, 0.4) is 0 Å². The fourth-order valence-corrected chi connectivity index (χ4v) is 2.19. The summed E-state index contributed by atoms with van der Waals surface area (Å²) in [4.78, 5) is 0. The molecule has 2 aromatic rings. The second kappa shape index (κ2) is 6.49. The summed E-state index contributed by atoms with van der Waals surface area (Å²) in [6.45, 7) is 2.83. The number of aromatic nitrogens is 2. The normalized spacial score (nSPS) is 12.0. The topological polar surface area (TPSA) is 71.5 Å². The summed E-state index contributed by atoms with van der Waals surface area (Å²) in [6, 6.07) is 3.27. The number of rotatable bonds is 6. The van der Waals surface area contributed by atoms with Gasteiger partial charge in [-0.05, 0) is 13.0 Å². The Morgan fingerprint density at radius 2 is 1.71 bits per heavy atom. The van der Waals surface area contributed by atoms with E-state index < -0.39 is 0 Å². The summed E-state index contributed by atoms with van der Waals surface area (Å²) in [6.07, 6.45) is 3.70. The van der Waals surface area contributed by atoms with E-state index in [0.29, 0.717) is 17.2 Å². The summed E-state index contributed by atoms with van der Waals surface area (Å²) in [5.41, 5.74) is 8.09. The lowest BCUT2D eigenvalue weighted by molar-refractivity contribution is 0.347. The van der Waals surface area contributed by atoms with Crippen molar-refractivity contribution in [3.63, 3.8) is 0 Å². The summed E-state index contributed by atoms with van der Waals surface area (Å²) >= 11 is 0. The molecular formula is C15H21N3O3. The van der Waals surface area contributed by atoms with E-state index in [0.717, 1.165) is 17.7 Å². The van der Waals surface area contributed by atoms with Gasteiger partial charge in [-0.1, -0.05) is 0 Å². The van der Waals surface area contributed by atoms with Gasteiger partial charge < -0.3 is 19.9 Å². The Bertz CT molecular complexity index is 610. The summed E-state index contributed by atoms with van der Waals surface area (Å²) in [5.74, 6) is 1.88. The van der Waals surface area contributed by atoms with E-state index in [-0.39, 0.29) is 6.04 Å². The number of benzene rings is 1. The number of nitrogens with two attached hydrogens (primary N) is 1. The van der Waals surface area contributed by atoms with Gasteiger partial charge in [-0.2, -0.15) is 5.10 Å². The molecule has 6 heteroatoms. The Morgan fingerprint density at radius 1 is 1.10 bits per heavy atom. The fourth-order valence-electron chi connectivity index (χ4n) is 2.19. The molecule has 0 saturated carbocycles. The van der Waals surface area contributed by atoms with Gasteiger partial charge in [0.25, 0.3) is 0 Å². The number of methoxy groups -OCH3 is 3. The van der Waals surface area contributed by atoms with Crippen LogP contribution in [-0.4, -0.2) is 31.1 Å². The van der Waals surface area contributed by atoms with Crippen molar-refractivity contribution in [1.82, 2.24) is 9.78 Å². The first-order chi connectivity index (χ1) is 10.1. The van der Waals surface area contributed by atoms with Crippen LogP contribution < -0.4 is 19.9 Å². The van der Waals surface area contributed by atoms with Gasteiger partial charge in [0.05, 0.1) is 33.6 Å². The monoisotopic (exact) mass is 291 g/mol. The number of hydrogen-bond donors (Lipinski definition) is 1. The van der Waals surface area contributed by atoms with Crippen molar-refractivity contribution >= 4 is 0 Å². The van der Waals surface area contributed by atoms with Gasteiger partial charge >= 0.3 is 0 Å². The summed E-state index contributed by atoms with van der Waals surface area (Å²) in [7, 11) is 4.78. The fraction of sp³-hybridized carbons (Fsp3) is 0.400. The van der Waals surface area contributed by atoms with Crippen molar-refractivity contribution in [3.05, 3.63) is 35.7 Å². The van der Waals surface area contributed by atoms with Crippen molar-refractivity contribution in [2.75, 3.05) is 21.3 Å². The molecule has 0 fully saturated rings. The lowest BCUT2D eigenvalue weighted by Gasteiger charge is -2.17. The van der Waals surface area contributed by atoms with E-state index in [9.17, 15) is 0 Å². The molecule has 0 radical (unpaired) electrons. The maximum absolute atomic E-state index is 6.35. The van der Waals surface area contributed by atoms with E-state index in [1.54, 1.807) is 33.6 Å². The van der Waals surface area contributed by atoms with Crippen LogP contribution in [0.15, 0.2) is 24.5 Å². The third kappa shape index (κ3) is 2.95.